The van der Waals surface area contributed by atoms with Gasteiger partial charge in [-0.05, 0) is 31.2 Å². The van der Waals surface area contributed by atoms with Crippen molar-refractivity contribution in [3.8, 4) is 0 Å². The number of amides is 1. The lowest BCUT2D eigenvalue weighted by Crippen LogP contribution is -2.49. The first kappa shape index (κ1) is 20.2. The van der Waals surface area contributed by atoms with E-state index in [2.05, 4.69) is 0 Å². The van der Waals surface area contributed by atoms with Crippen LogP contribution in [0.5, 0.6) is 0 Å². The standard InChI is InChI=1S/C19H19F3N2O3S/c1-14-6-8-15(9-7-14)18(25)24-12-10-23(11-13-24)16-4-2-3-5-17(16)28(26,27)19(20,21)22/h2-9H,10-13H2,1H3. The second-order valence-electron chi connectivity index (χ2n) is 6.56. The third-order valence-corrected chi connectivity index (χ3v) is 6.20. The quantitative estimate of drug-likeness (QED) is 0.777. The molecule has 0 bridgehead atoms. The molecular weight excluding hydrogens is 393 g/mol. The number of piperazine rings is 1. The molecule has 0 unspecified atom stereocenters. The van der Waals surface area contributed by atoms with Gasteiger partial charge in [0.2, 0.25) is 0 Å². The summed E-state index contributed by atoms with van der Waals surface area (Å²) in [5.41, 5.74) is -3.79. The van der Waals surface area contributed by atoms with Crippen LogP contribution >= 0.6 is 0 Å². The van der Waals surface area contributed by atoms with E-state index in [4.69, 9.17) is 0 Å². The minimum atomic E-state index is -5.46. The molecule has 0 N–H and O–H groups in total. The lowest BCUT2D eigenvalue weighted by Gasteiger charge is -2.37. The van der Waals surface area contributed by atoms with E-state index in [1.165, 1.54) is 18.2 Å². The average molecular weight is 412 g/mol. The molecular formula is C19H19F3N2O3S. The van der Waals surface area contributed by atoms with Crippen molar-refractivity contribution in [2.45, 2.75) is 17.3 Å². The predicted molar refractivity (Wildman–Crippen MR) is 99.0 cm³/mol. The summed E-state index contributed by atoms with van der Waals surface area (Å²) in [4.78, 5) is 15.0. The van der Waals surface area contributed by atoms with Crippen LogP contribution in [0.2, 0.25) is 0 Å². The predicted octanol–water partition coefficient (Wildman–Crippen LogP) is 3.25. The Bertz CT molecular complexity index is 965. The van der Waals surface area contributed by atoms with Gasteiger partial charge in [0.25, 0.3) is 15.7 Å². The summed E-state index contributed by atoms with van der Waals surface area (Å²) in [7, 11) is -5.46. The van der Waals surface area contributed by atoms with E-state index in [1.807, 2.05) is 19.1 Å². The van der Waals surface area contributed by atoms with Crippen LogP contribution in [0.1, 0.15) is 15.9 Å². The van der Waals surface area contributed by atoms with Gasteiger partial charge in [0.1, 0.15) is 0 Å². The highest BCUT2D eigenvalue weighted by atomic mass is 32.2. The lowest BCUT2D eigenvalue weighted by molar-refractivity contribution is -0.0435. The summed E-state index contributed by atoms with van der Waals surface area (Å²) >= 11 is 0. The summed E-state index contributed by atoms with van der Waals surface area (Å²) in [5, 5.41) is 0. The molecule has 1 saturated heterocycles. The fraction of sp³-hybridized carbons (Fsp3) is 0.316. The van der Waals surface area contributed by atoms with Gasteiger partial charge in [0, 0.05) is 31.7 Å². The fourth-order valence-electron chi connectivity index (χ4n) is 3.10. The topological polar surface area (TPSA) is 57.7 Å². The normalized spacial score (nSPS) is 15.6. The van der Waals surface area contributed by atoms with Crippen LogP contribution in [0.25, 0.3) is 0 Å². The van der Waals surface area contributed by atoms with Crippen LogP contribution in [-0.2, 0) is 9.84 Å². The zero-order chi connectivity index (χ0) is 20.5. The number of benzene rings is 2. The van der Waals surface area contributed by atoms with Crippen LogP contribution in [0.3, 0.4) is 0 Å². The maximum Gasteiger partial charge on any atom is 0.501 e. The Morgan fingerprint density at radius 3 is 2.07 bits per heavy atom. The van der Waals surface area contributed by atoms with Gasteiger partial charge in [-0.15, -0.1) is 0 Å². The van der Waals surface area contributed by atoms with Crippen LogP contribution in [0.15, 0.2) is 53.4 Å². The summed E-state index contributed by atoms with van der Waals surface area (Å²) in [6, 6.07) is 12.2. The number of sulfone groups is 1. The number of halogens is 3. The molecule has 3 rings (SSSR count). The number of aryl methyl sites for hydroxylation is 1. The molecule has 150 valence electrons. The zero-order valence-electron chi connectivity index (χ0n) is 15.1. The summed E-state index contributed by atoms with van der Waals surface area (Å²) in [5.74, 6) is -0.157. The van der Waals surface area contributed by atoms with E-state index in [0.29, 0.717) is 5.56 Å². The molecule has 5 nitrogen and oxygen atoms in total. The second kappa shape index (κ2) is 7.46. The van der Waals surface area contributed by atoms with Crippen molar-refractivity contribution in [1.82, 2.24) is 4.90 Å². The highest BCUT2D eigenvalue weighted by Gasteiger charge is 2.48. The van der Waals surface area contributed by atoms with Gasteiger partial charge in [-0.2, -0.15) is 13.2 Å². The van der Waals surface area contributed by atoms with Gasteiger partial charge < -0.3 is 9.80 Å². The zero-order valence-corrected chi connectivity index (χ0v) is 15.9. The second-order valence-corrected chi connectivity index (χ2v) is 8.47. The molecule has 0 radical (unpaired) electrons. The molecule has 2 aromatic rings. The smallest absolute Gasteiger partial charge is 0.367 e. The minimum absolute atomic E-state index is 0.00209. The summed E-state index contributed by atoms with van der Waals surface area (Å²) in [6.07, 6.45) is 0. The Morgan fingerprint density at radius 2 is 1.50 bits per heavy atom. The molecule has 0 saturated carbocycles. The maximum atomic E-state index is 13.0. The number of alkyl halides is 3. The van der Waals surface area contributed by atoms with E-state index in [1.54, 1.807) is 21.9 Å². The Balaban J connectivity index is 1.78. The van der Waals surface area contributed by atoms with Gasteiger partial charge in [-0.25, -0.2) is 8.42 Å². The van der Waals surface area contributed by atoms with Crippen molar-refractivity contribution >= 4 is 21.4 Å². The SMILES string of the molecule is Cc1ccc(C(=O)N2CCN(c3ccccc3S(=O)(=O)C(F)(F)F)CC2)cc1. The van der Waals surface area contributed by atoms with Gasteiger partial charge >= 0.3 is 5.51 Å². The van der Waals surface area contributed by atoms with Crippen LogP contribution in [0, 0.1) is 6.92 Å². The first-order valence-corrected chi connectivity index (χ1v) is 10.1. The Labute approximate surface area is 161 Å². The lowest BCUT2D eigenvalue weighted by atomic mass is 10.1. The highest BCUT2D eigenvalue weighted by Crippen LogP contribution is 2.36. The molecule has 0 atom stereocenters. The number of hydrogen-bond donors (Lipinski definition) is 0. The molecule has 1 aliphatic rings. The van der Waals surface area contributed by atoms with Crippen LogP contribution in [-0.4, -0.2) is 50.9 Å². The number of anilines is 1. The van der Waals surface area contributed by atoms with Gasteiger partial charge in [-0.1, -0.05) is 29.8 Å². The Morgan fingerprint density at radius 1 is 0.929 bits per heavy atom. The Kier molecular flexibility index (Phi) is 5.38. The minimum Gasteiger partial charge on any atom is -0.367 e. The molecule has 1 heterocycles. The molecule has 28 heavy (non-hydrogen) atoms. The van der Waals surface area contributed by atoms with Crippen molar-refractivity contribution in [2.24, 2.45) is 0 Å². The van der Waals surface area contributed by atoms with Crippen LogP contribution in [0.4, 0.5) is 18.9 Å². The molecule has 9 heteroatoms. The van der Waals surface area contributed by atoms with Crippen molar-refractivity contribution < 1.29 is 26.4 Å². The van der Waals surface area contributed by atoms with E-state index in [-0.39, 0.29) is 37.8 Å². The van der Waals surface area contributed by atoms with E-state index in [9.17, 15) is 26.4 Å². The first-order valence-electron chi connectivity index (χ1n) is 8.62. The van der Waals surface area contributed by atoms with Crippen LogP contribution < -0.4 is 4.90 Å². The maximum absolute atomic E-state index is 13.0. The van der Waals surface area contributed by atoms with Crippen molar-refractivity contribution in [3.63, 3.8) is 0 Å². The average Bonchev–Trinajstić information content (AvgIpc) is 2.67. The summed E-state index contributed by atoms with van der Waals surface area (Å²) in [6.45, 7) is 2.96. The number of hydrogen-bond acceptors (Lipinski definition) is 4. The van der Waals surface area contributed by atoms with Crippen molar-refractivity contribution in [1.29, 1.82) is 0 Å². The molecule has 0 spiro atoms. The molecule has 0 aromatic heterocycles. The van der Waals surface area contributed by atoms with Gasteiger partial charge in [0.05, 0.1) is 10.6 Å². The van der Waals surface area contributed by atoms with Gasteiger partial charge in [0.15, 0.2) is 0 Å². The van der Waals surface area contributed by atoms with Gasteiger partial charge in [-0.3, -0.25) is 4.79 Å². The number of para-hydroxylation sites is 1. The van der Waals surface area contributed by atoms with E-state index in [0.717, 1.165) is 11.6 Å². The number of nitrogens with zero attached hydrogens (tertiary/aromatic N) is 2. The first-order chi connectivity index (χ1) is 13.1. The van der Waals surface area contributed by atoms with Crippen molar-refractivity contribution in [3.05, 3.63) is 59.7 Å². The molecule has 1 amide bonds. The third-order valence-electron chi connectivity index (χ3n) is 4.67. The molecule has 2 aromatic carbocycles. The Hall–Kier alpha value is -2.55. The van der Waals surface area contributed by atoms with Crippen molar-refractivity contribution in [2.75, 3.05) is 31.1 Å². The monoisotopic (exact) mass is 412 g/mol. The summed E-state index contributed by atoms with van der Waals surface area (Å²) < 4.78 is 62.7. The fourth-order valence-corrected chi connectivity index (χ4v) is 4.08. The largest absolute Gasteiger partial charge is 0.501 e. The highest BCUT2D eigenvalue weighted by molar-refractivity contribution is 7.92. The van der Waals surface area contributed by atoms with E-state index >= 15 is 0 Å². The van der Waals surface area contributed by atoms with E-state index < -0.39 is 20.2 Å². The molecule has 1 fully saturated rings. The third kappa shape index (κ3) is 3.84. The number of carbonyl (C=O) groups is 1. The number of rotatable bonds is 3. The molecule has 1 aliphatic heterocycles. The number of carbonyl (C=O) groups excluding carboxylic acids is 1. The molecule has 0 aliphatic carbocycles.